The second kappa shape index (κ2) is 7.60. The minimum atomic E-state index is -0.374. The van der Waals surface area contributed by atoms with E-state index in [2.05, 4.69) is 25.3 Å². The van der Waals surface area contributed by atoms with Crippen LogP contribution in [0.3, 0.4) is 0 Å². The van der Waals surface area contributed by atoms with Crippen molar-refractivity contribution in [3.63, 3.8) is 0 Å². The number of rotatable bonds is 5. The largest absolute Gasteiger partial charge is 0.324 e. The molecule has 4 aromatic rings. The van der Waals surface area contributed by atoms with Gasteiger partial charge in [0.25, 0.3) is 5.91 Å². The Labute approximate surface area is 177 Å². The highest BCUT2D eigenvalue weighted by Crippen LogP contribution is 2.23. The zero-order valence-electron chi connectivity index (χ0n) is 16.8. The lowest BCUT2D eigenvalue weighted by Gasteiger charge is -2.04. The van der Waals surface area contributed by atoms with E-state index < -0.39 is 0 Å². The quantitative estimate of drug-likeness (QED) is 0.470. The summed E-state index contributed by atoms with van der Waals surface area (Å²) in [5.74, 6) is -0.146. The summed E-state index contributed by atoms with van der Waals surface area (Å²) < 4.78 is 0. The Kier molecular flexibility index (Phi) is 4.63. The number of carbonyl (C=O) groups is 2. The van der Waals surface area contributed by atoms with Crippen molar-refractivity contribution in [1.29, 1.82) is 0 Å². The SMILES string of the molecule is Cc1cc(C(=O)CC2=NC=CC2)c2nc(NC(=O)c3cc4ccccc4cn3)[nH]c2c1. The Hall–Kier alpha value is -4.13. The molecule has 7 nitrogen and oxygen atoms in total. The first-order chi connectivity index (χ1) is 15.1. The molecule has 1 aliphatic rings. The number of carbonyl (C=O) groups excluding carboxylic acids is 2. The maximum absolute atomic E-state index is 12.9. The molecule has 152 valence electrons. The molecule has 0 radical (unpaired) electrons. The van der Waals surface area contributed by atoms with E-state index in [1.807, 2.05) is 49.4 Å². The summed E-state index contributed by atoms with van der Waals surface area (Å²) in [4.78, 5) is 41.7. The van der Waals surface area contributed by atoms with Crippen molar-refractivity contribution < 1.29 is 9.59 Å². The number of hydrogen-bond acceptors (Lipinski definition) is 5. The van der Waals surface area contributed by atoms with Gasteiger partial charge in [0.15, 0.2) is 5.78 Å². The Morgan fingerprint density at radius 1 is 1.13 bits per heavy atom. The van der Waals surface area contributed by atoms with Crippen molar-refractivity contribution in [3.05, 3.63) is 77.8 Å². The Morgan fingerprint density at radius 3 is 2.77 bits per heavy atom. The monoisotopic (exact) mass is 409 g/mol. The Morgan fingerprint density at radius 2 is 1.97 bits per heavy atom. The Bertz CT molecular complexity index is 1410. The highest BCUT2D eigenvalue weighted by molar-refractivity contribution is 6.15. The van der Waals surface area contributed by atoms with Crippen LogP contribution in [0.15, 0.2) is 65.9 Å². The number of hydrogen-bond donors (Lipinski definition) is 2. The summed E-state index contributed by atoms with van der Waals surface area (Å²) in [6.45, 7) is 1.92. The fourth-order valence-corrected chi connectivity index (χ4v) is 3.71. The average Bonchev–Trinajstić information content (AvgIpc) is 3.42. The number of aliphatic imine (C=N–C) groups is 1. The molecule has 1 amide bonds. The first-order valence-corrected chi connectivity index (χ1v) is 9.97. The molecule has 2 aromatic heterocycles. The van der Waals surface area contributed by atoms with E-state index in [4.69, 9.17) is 0 Å². The lowest BCUT2D eigenvalue weighted by atomic mass is 10.0. The zero-order chi connectivity index (χ0) is 21.4. The smallest absolute Gasteiger partial charge is 0.276 e. The van der Waals surface area contributed by atoms with Gasteiger partial charge in [-0.05, 0) is 36.1 Å². The summed E-state index contributed by atoms with van der Waals surface area (Å²) in [5.41, 5.74) is 3.80. The van der Waals surface area contributed by atoms with Crippen LogP contribution in [0, 0.1) is 6.92 Å². The number of H-pyrrole nitrogens is 1. The number of amides is 1. The van der Waals surface area contributed by atoms with Gasteiger partial charge in [-0.1, -0.05) is 30.3 Å². The van der Waals surface area contributed by atoms with Gasteiger partial charge in [0.05, 0.1) is 5.52 Å². The van der Waals surface area contributed by atoms with Gasteiger partial charge in [-0.15, -0.1) is 0 Å². The molecular formula is C24H19N5O2. The molecule has 0 aliphatic carbocycles. The third-order valence-electron chi connectivity index (χ3n) is 5.21. The first kappa shape index (κ1) is 18.9. The van der Waals surface area contributed by atoms with Crippen LogP contribution in [0.25, 0.3) is 21.8 Å². The molecule has 1 aliphatic heterocycles. The predicted octanol–water partition coefficient (Wildman–Crippen LogP) is 4.60. The standard InChI is InChI=1S/C24H19N5O2/c1-14-9-18(21(30)12-17-7-4-8-25-17)22-19(10-14)27-24(28-22)29-23(31)20-11-15-5-2-3-6-16(15)13-26-20/h2-6,8-11,13H,7,12H2,1H3,(H2,27,28,29,31). The second-order valence-corrected chi connectivity index (χ2v) is 7.55. The number of Topliss-reactive ketones (excluding diaryl/α,β-unsaturated/α-hetero) is 1. The van der Waals surface area contributed by atoms with E-state index in [-0.39, 0.29) is 24.1 Å². The van der Waals surface area contributed by atoms with E-state index >= 15 is 0 Å². The van der Waals surface area contributed by atoms with E-state index in [9.17, 15) is 9.59 Å². The number of nitrogens with one attached hydrogen (secondary N) is 2. The van der Waals surface area contributed by atoms with Crippen LogP contribution >= 0.6 is 0 Å². The molecular weight excluding hydrogens is 390 g/mol. The summed E-state index contributed by atoms with van der Waals surface area (Å²) in [6, 6.07) is 13.2. The predicted molar refractivity (Wildman–Crippen MR) is 121 cm³/mol. The van der Waals surface area contributed by atoms with Gasteiger partial charge in [0, 0.05) is 41.9 Å². The number of nitrogens with zero attached hydrogens (tertiary/aromatic N) is 3. The molecule has 0 fully saturated rings. The van der Waals surface area contributed by atoms with Gasteiger partial charge in [-0.25, -0.2) is 4.98 Å². The number of imidazole rings is 1. The molecule has 3 heterocycles. The van der Waals surface area contributed by atoms with Crippen LogP contribution in [0.5, 0.6) is 0 Å². The summed E-state index contributed by atoms with van der Waals surface area (Å²) in [7, 11) is 0. The summed E-state index contributed by atoms with van der Waals surface area (Å²) in [6.07, 6.45) is 6.26. The third-order valence-corrected chi connectivity index (χ3v) is 5.21. The molecule has 0 atom stereocenters. The molecule has 7 heteroatoms. The number of allylic oxidation sites excluding steroid dienone is 1. The highest BCUT2D eigenvalue weighted by atomic mass is 16.2. The van der Waals surface area contributed by atoms with Gasteiger partial charge in [0.1, 0.15) is 11.2 Å². The molecule has 5 rings (SSSR count). The molecule has 31 heavy (non-hydrogen) atoms. The maximum Gasteiger partial charge on any atom is 0.276 e. The van der Waals surface area contributed by atoms with Crippen LogP contribution in [0.1, 0.15) is 39.3 Å². The lowest BCUT2D eigenvalue weighted by Crippen LogP contribution is -2.14. The topological polar surface area (TPSA) is 100 Å². The fourth-order valence-electron chi connectivity index (χ4n) is 3.71. The number of aromatic amines is 1. The van der Waals surface area contributed by atoms with Crippen molar-refractivity contribution in [2.45, 2.75) is 19.8 Å². The van der Waals surface area contributed by atoms with Gasteiger partial charge >= 0.3 is 0 Å². The highest BCUT2D eigenvalue weighted by Gasteiger charge is 2.18. The number of benzene rings is 2. The van der Waals surface area contributed by atoms with E-state index in [1.54, 1.807) is 18.5 Å². The number of ketones is 1. The molecule has 0 saturated heterocycles. The third kappa shape index (κ3) is 3.73. The molecule has 0 unspecified atom stereocenters. The van der Waals surface area contributed by atoms with Gasteiger partial charge in [-0.3, -0.25) is 24.9 Å². The normalized spacial score (nSPS) is 13.0. The molecule has 0 spiro atoms. The summed E-state index contributed by atoms with van der Waals surface area (Å²) >= 11 is 0. The van der Waals surface area contributed by atoms with Crippen LogP contribution in [0.2, 0.25) is 0 Å². The van der Waals surface area contributed by atoms with E-state index in [1.165, 1.54) is 0 Å². The number of aryl methyl sites for hydroxylation is 1. The second-order valence-electron chi connectivity index (χ2n) is 7.55. The molecule has 2 aromatic carbocycles. The summed E-state index contributed by atoms with van der Waals surface area (Å²) in [5, 5.41) is 4.65. The maximum atomic E-state index is 12.9. The van der Waals surface area contributed by atoms with Crippen molar-refractivity contribution in [1.82, 2.24) is 15.0 Å². The van der Waals surface area contributed by atoms with Gasteiger partial charge in [-0.2, -0.15) is 0 Å². The van der Waals surface area contributed by atoms with Crippen LogP contribution in [-0.2, 0) is 0 Å². The van der Waals surface area contributed by atoms with Crippen LogP contribution < -0.4 is 5.32 Å². The van der Waals surface area contributed by atoms with Crippen LogP contribution in [-0.4, -0.2) is 32.4 Å². The first-order valence-electron chi connectivity index (χ1n) is 9.97. The molecule has 0 saturated carbocycles. The number of fused-ring (bicyclic) bond motifs is 2. The average molecular weight is 409 g/mol. The van der Waals surface area contributed by atoms with Crippen molar-refractivity contribution in [2.75, 3.05) is 5.32 Å². The number of anilines is 1. The van der Waals surface area contributed by atoms with Crippen molar-refractivity contribution in [2.24, 2.45) is 4.99 Å². The van der Waals surface area contributed by atoms with Gasteiger partial charge in [0.2, 0.25) is 5.95 Å². The number of pyridine rings is 1. The Balaban J connectivity index is 1.43. The van der Waals surface area contributed by atoms with Crippen molar-refractivity contribution in [3.8, 4) is 0 Å². The minimum Gasteiger partial charge on any atom is -0.324 e. The van der Waals surface area contributed by atoms with Crippen molar-refractivity contribution >= 4 is 45.2 Å². The lowest BCUT2D eigenvalue weighted by molar-refractivity contribution is 0.0998. The van der Waals surface area contributed by atoms with E-state index in [0.717, 1.165) is 22.0 Å². The fraction of sp³-hybridized carbons (Fsp3) is 0.125. The zero-order valence-corrected chi connectivity index (χ0v) is 16.8. The minimum absolute atomic E-state index is 0.0447. The van der Waals surface area contributed by atoms with Crippen LogP contribution in [0.4, 0.5) is 5.95 Å². The molecule has 0 bridgehead atoms. The molecule has 2 N–H and O–H groups in total. The van der Waals surface area contributed by atoms with E-state index in [0.29, 0.717) is 28.7 Å². The van der Waals surface area contributed by atoms with Gasteiger partial charge < -0.3 is 4.98 Å². The number of aromatic nitrogens is 3.